The minimum absolute atomic E-state index is 0.00398. The number of piperidine rings is 1. The quantitative estimate of drug-likeness (QED) is 0.701. The van der Waals surface area contributed by atoms with Gasteiger partial charge >= 0.3 is 0 Å². The number of nitrogens with zero attached hydrogens (tertiary/aromatic N) is 2. The van der Waals surface area contributed by atoms with E-state index in [1.54, 1.807) is 17.3 Å². The van der Waals surface area contributed by atoms with E-state index in [9.17, 15) is 14.0 Å². The van der Waals surface area contributed by atoms with Crippen LogP contribution in [0.25, 0.3) is 0 Å². The predicted molar refractivity (Wildman–Crippen MR) is 98.6 cm³/mol. The van der Waals surface area contributed by atoms with Gasteiger partial charge in [0, 0.05) is 43.9 Å². The van der Waals surface area contributed by atoms with Crippen molar-refractivity contribution in [3.8, 4) is 0 Å². The van der Waals surface area contributed by atoms with Crippen molar-refractivity contribution < 1.29 is 18.7 Å². The zero-order valence-electron chi connectivity index (χ0n) is 15.1. The Morgan fingerprint density at radius 2 is 2.00 bits per heavy atom. The largest absolute Gasteiger partial charge is 0.372 e. The number of carbonyl (C=O) groups is 2. The number of amides is 1. The smallest absolute Gasteiger partial charge is 0.223 e. The van der Waals surface area contributed by atoms with Crippen LogP contribution in [0.3, 0.4) is 0 Å². The summed E-state index contributed by atoms with van der Waals surface area (Å²) in [6, 6.07) is 9.23. The molecule has 0 N–H and O–H groups in total. The fraction of sp³-hybridized carbons (Fsp3) is 0.381. The number of rotatable bonds is 7. The van der Waals surface area contributed by atoms with Crippen molar-refractivity contribution in [2.24, 2.45) is 0 Å². The summed E-state index contributed by atoms with van der Waals surface area (Å²) >= 11 is 0. The molecule has 0 radical (unpaired) electrons. The second kappa shape index (κ2) is 9.37. The summed E-state index contributed by atoms with van der Waals surface area (Å²) in [5.41, 5.74) is 1.44. The molecule has 0 spiro atoms. The standard InChI is InChI=1S/C21H23FN2O3/c22-18-7-5-17(6-8-18)20(25)9-10-21(26)24-12-2-4-19(14-24)27-15-16-3-1-11-23-13-16/h1,3,5-8,11,13,19H,2,4,9-10,12,14-15H2/t19-/m0/s1. The van der Waals surface area contributed by atoms with Crippen LogP contribution in [0.15, 0.2) is 48.8 Å². The third-order valence-corrected chi connectivity index (χ3v) is 4.67. The third-order valence-electron chi connectivity index (χ3n) is 4.67. The van der Waals surface area contributed by atoms with Gasteiger partial charge in [0.1, 0.15) is 5.82 Å². The number of carbonyl (C=O) groups excluding carboxylic acids is 2. The van der Waals surface area contributed by atoms with Gasteiger partial charge in [0.2, 0.25) is 5.91 Å². The number of Topliss-reactive ketones (excluding diaryl/α,β-unsaturated/α-hetero) is 1. The van der Waals surface area contributed by atoms with Gasteiger partial charge in [-0.25, -0.2) is 4.39 Å². The molecule has 1 aromatic carbocycles. The second-order valence-corrected chi connectivity index (χ2v) is 6.71. The molecule has 1 aliphatic rings. The maximum Gasteiger partial charge on any atom is 0.223 e. The molecule has 1 aromatic heterocycles. The molecule has 2 aromatic rings. The average molecular weight is 370 g/mol. The van der Waals surface area contributed by atoms with Crippen LogP contribution in [-0.2, 0) is 16.1 Å². The molecule has 0 saturated carbocycles. The van der Waals surface area contributed by atoms with Crippen molar-refractivity contribution in [1.82, 2.24) is 9.88 Å². The topological polar surface area (TPSA) is 59.5 Å². The second-order valence-electron chi connectivity index (χ2n) is 6.71. The zero-order chi connectivity index (χ0) is 19.1. The van der Waals surface area contributed by atoms with Gasteiger partial charge in [0.15, 0.2) is 5.78 Å². The van der Waals surface area contributed by atoms with E-state index in [0.717, 1.165) is 18.4 Å². The molecule has 1 saturated heterocycles. The van der Waals surface area contributed by atoms with Crippen molar-refractivity contribution in [3.05, 3.63) is 65.7 Å². The predicted octanol–water partition coefficient (Wildman–Crippen LogP) is 3.39. The van der Waals surface area contributed by atoms with E-state index in [1.165, 1.54) is 24.3 Å². The number of aromatic nitrogens is 1. The molecule has 3 rings (SSSR count). The Bertz CT molecular complexity index is 765. The maximum absolute atomic E-state index is 12.9. The highest BCUT2D eigenvalue weighted by molar-refractivity contribution is 5.97. The minimum Gasteiger partial charge on any atom is -0.372 e. The average Bonchev–Trinajstić information content (AvgIpc) is 2.72. The number of halogens is 1. The molecule has 1 atom stereocenters. The summed E-state index contributed by atoms with van der Waals surface area (Å²) in [6.45, 7) is 1.71. The van der Waals surface area contributed by atoms with E-state index in [4.69, 9.17) is 4.74 Å². The van der Waals surface area contributed by atoms with Crippen LogP contribution in [0.4, 0.5) is 4.39 Å². The fourth-order valence-corrected chi connectivity index (χ4v) is 3.16. The highest BCUT2D eigenvalue weighted by Gasteiger charge is 2.24. The Morgan fingerprint density at radius 1 is 1.19 bits per heavy atom. The first-order valence-corrected chi connectivity index (χ1v) is 9.19. The molecule has 0 aliphatic carbocycles. The van der Waals surface area contributed by atoms with Crippen LogP contribution >= 0.6 is 0 Å². The van der Waals surface area contributed by atoms with Crippen LogP contribution in [0.5, 0.6) is 0 Å². The van der Waals surface area contributed by atoms with E-state index >= 15 is 0 Å². The molecule has 1 aliphatic heterocycles. The van der Waals surface area contributed by atoms with Gasteiger partial charge in [0.25, 0.3) is 0 Å². The van der Waals surface area contributed by atoms with Crippen LogP contribution in [0.2, 0.25) is 0 Å². The number of hydrogen-bond donors (Lipinski definition) is 0. The first-order chi connectivity index (χ1) is 13.1. The van der Waals surface area contributed by atoms with Crippen molar-refractivity contribution in [3.63, 3.8) is 0 Å². The lowest BCUT2D eigenvalue weighted by molar-refractivity contribution is -0.135. The number of ether oxygens (including phenoxy) is 1. The molecule has 142 valence electrons. The van der Waals surface area contributed by atoms with Gasteiger partial charge in [-0.3, -0.25) is 14.6 Å². The summed E-state index contributed by atoms with van der Waals surface area (Å²) in [4.78, 5) is 30.4. The van der Waals surface area contributed by atoms with Crippen molar-refractivity contribution in [1.29, 1.82) is 0 Å². The first-order valence-electron chi connectivity index (χ1n) is 9.19. The van der Waals surface area contributed by atoms with Crippen molar-refractivity contribution >= 4 is 11.7 Å². The summed E-state index contributed by atoms with van der Waals surface area (Å²) in [6.07, 6.45) is 5.57. The number of pyridine rings is 1. The molecule has 1 fully saturated rings. The Balaban J connectivity index is 1.45. The van der Waals surface area contributed by atoms with E-state index in [2.05, 4.69) is 4.98 Å². The summed E-state index contributed by atoms with van der Waals surface area (Å²) in [5, 5.41) is 0. The fourth-order valence-electron chi connectivity index (χ4n) is 3.16. The molecule has 27 heavy (non-hydrogen) atoms. The van der Waals surface area contributed by atoms with Gasteiger partial charge in [-0.05, 0) is 48.7 Å². The number of hydrogen-bond acceptors (Lipinski definition) is 4. The maximum atomic E-state index is 12.9. The SMILES string of the molecule is O=C(CCC(=O)N1CCC[C@H](OCc2cccnc2)C1)c1ccc(F)cc1. The van der Waals surface area contributed by atoms with Gasteiger partial charge in [-0.15, -0.1) is 0 Å². The number of likely N-dealkylation sites (tertiary alicyclic amines) is 1. The highest BCUT2D eigenvalue weighted by Crippen LogP contribution is 2.17. The van der Waals surface area contributed by atoms with Crippen LogP contribution in [-0.4, -0.2) is 40.8 Å². The molecular formula is C21H23FN2O3. The van der Waals surface area contributed by atoms with Gasteiger partial charge < -0.3 is 9.64 Å². The van der Waals surface area contributed by atoms with Crippen LogP contribution in [0.1, 0.15) is 41.6 Å². The summed E-state index contributed by atoms with van der Waals surface area (Å²) in [7, 11) is 0. The molecule has 6 heteroatoms. The van der Waals surface area contributed by atoms with Gasteiger partial charge in [-0.1, -0.05) is 6.07 Å². The molecule has 0 unspecified atom stereocenters. The Morgan fingerprint density at radius 3 is 2.74 bits per heavy atom. The highest BCUT2D eigenvalue weighted by atomic mass is 19.1. The van der Waals surface area contributed by atoms with Crippen molar-refractivity contribution in [2.75, 3.05) is 13.1 Å². The Hall–Kier alpha value is -2.60. The van der Waals surface area contributed by atoms with E-state index < -0.39 is 0 Å². The first kappa shape index (κ1) is 19.2. The van der Waals surface area contributed by atoms with Crippen molar-refractivity contribution in [2.45, 2.75) is 38.4 Å². The number of benzene rings is 1. The minimum atomic E-state index is -0.381. The molecule has 1 amide bonds. The normalized spacial score (nSPS) is 16.9. The molecule has 5 nitrogen and oxygen atoms in total. The van der Waals surface area contributed by atoms with E-state index in [-0.39, 0.29) is 36.5 Å². The molecular weight excluding hydrogens is 347 g/mol. The monoisotopic (exact) mass is 370 g/mol. The zero-order valence-corrected chi connectivity index (χ0v) is 15.1. The molecule has 0 bridgehead atoms. The summed E-state index contributed by atoms with van der Waals surface area (Å²) < 4.78 is 18.8. The van der Waals surface area contributed by atoms with Crippen LogP contribution < -0.4 is 0 Å². The van der Waals surface area contributed by atoms with Gasteiger partial charge in [0.05, 0.1) is 12.7 Å². The van der Waals surface area contributed by atoms with Crippen LogP contribution in [0, 0.1) is 5.82 Å². The lowest BCUT2D eigenvalue weighted by Crippen LogP contribution is -2.43. The third kappa shape index (κ3) is 5.69. The van der Waals surface area contributed by atoms with Gasteiger partial charge in [-0.2, -0.15) is 0 Å². The Labute approximate surface area is 158 Å². The lowest BCUT2D eigenvalue weighted by atomic mass is 10.0. The molecule has 2 heterocycles. The lowest BCUT2D eigenvalue weighted by Gasteiger charge is -2.32. The van der Waals surface area contributed by atoms with E-state index in [1.807, 2.05) is 12.1 Å². The summed E-state index contributed by atoms with van der Waals surface area (Å²) in [5.74, 6) is -0.571. The number of ketones is 1. The van der Waals surface area contributed by atoms with E-state index in [0.29, 0.717) is 25.3 Å². The Kier molecular flexibility index (Phi) is 6.65.